The van der Waals surface area contributed by atoms with E-state index in [4.69, 9.17) is 10.1 Å². The number of anilines is 1. The van der Waals surface area contributed by atoms with Gasteiger partial charge in [0.25, 0.3) is 0 Å². The number of likely N-dealkylation sites (N-methyl/N-ethyl adjacent to an activating group) is 1. The Kier molecular flexibility index (Phi) is 4.21. The predicted octanol–water partition coefficient (Wildman–Crippen LogP) is 4.29. The molecule has 1 aliphatic heterocycles. The van der Waals surface area contributed by atoms with Gasteiger partial charge in [-0.3, -0.25) is 10.2 Å². The van der Waals surface area contributed by atoms with E-state index in [2.05, 4.69) is 62.5 Å². The number of aromatic nitrogens is 5. The van der Waals surface area contributed by atoms with Crippen molar-refractivity contribution in [2.45, 2.75) is 25.7 Å². The minimum atomic E-state index is 1.01. The fourth-order valence-electron chi connectivity index (χ4n) is 5.69. The van der Waals surface area contributed by atoms with Crippen LogP contribution in [-0.4, -0.2) is 63.5 Å². The lowest BCUT2D eigenvalue weighted by atomic mass is 9.85. The summed E-state index contributed by atoms with van der Waals surface area (Å²) in [7, 11) is 2.19. The molecule has 0 saturated carbocycles. The zero-order valence-electron chi connectivity index (χ0n) is 18.9. The second-order valence-electron chi connectivity index (χ2n) is 9.52. The van der Waals surface area contributed by atoms with E-state index in [1.807, 2.05) is 6.20 Å². The molecule has 0 atom stereocenters. The third-order valence-corrected chi connectivity index (χ3v) is 7.49. The summed E-state index contributed by atoms with van der Waals surface area (Å²) in [4.78, 5) is 10.1. The number of fused-ring (bicyclic) bond motifs is 6. The third-order valence-electron chi connectivity index (χ3n) is 7.49. The molecular formula is C26H27N7. The molecule has 0 bridgehead atoms. The number of aromatic amines is 2. The van der Waals surface area contributed by atoms with Crippen molar-refractivity contribution in [3.05, 3.63) is 47.7 Å². The van der Waals surface area contributed by atoms with Crippen LogP contribution in [0, 0.1) is 0 Å². The van der Waals surface area contributed by atoms with Crippen molar-refractivity contribution >= 4 is 38.5 Å². The van der Waals surface area contributed by atoms with E-state index in [-0.39, 0.29) is 0 Å². The van der Waals surface area contributed by atoms with Crippen LogP contribution in [-0.2, 0) is 12.8 Å². The Labute approximate surface area is 191 Å². The van der Waals surface area contributed by atoms with E-state index < -0.39 is 0 Å². The summed E-state index contributed by atoms with van der Waals surface area (Å²) in [6.45, 7) is 4.14. The maximum absolute atomic E-state index is 5.28. The van der Waals surface area contributed by atoms with Gasteiger partial charge in [0.15, 0.2) is 5.82 Å². The van der Waals surface area contributed by atoms with Crippen LogP contribution in [0.25, 0.3) is 44.0 Å². The largest absolute Gasteiger partial charge is 0.352 e. The van der Waals surface area contributed by atoms with Crippen molar-refractivity contribution in [2.75, 3.05) is 38.1 Å². The normalized spacial score (nSPS) is 17.3. The van der Waals surface area contributed by atoms with Crippen LogP contribution in [0.2, 0.25) is 0 Å². The average Bonchev–Trinajstić information content (AvgIpc) is 3.50. The molecule has 2 aromatic carbocycles. The van der Waals surface area contributed by atoms with Gasteiger partial charge >= 0.3 is 0 Å². The molecule has 0 spiro atoms. The van der Waals surface area contributed by atoms with Gasteiger partial charge in [-0.15, -0.1) is 0 Å². The number of aryl methyl sites for hydroxylation is 1. The summed E-state index contributed by atoms with van der Waals surface area (Å²) >= 11 is 0. The smallest absolute Gasteiger partial charge is 0.159 e. The summed E-state index contributed by atoms with van der Waals surface area (Å²) in [6, 6.07) is 10.8. The SMILES string of the molecule is CN1CCN(c2n[nH]c3ccc4nc(-c5ccc6[nH]ncc6c5)c5c(c4c23)CCCC5)CC1. The summed E-state index contributed by atoms with van der Waals surface area (Å²) in [5, 5.41) is 19.0. The molecule has 0 unspecified atom stereocenters. The van der Waals surface area contributed by atoms with Crippen LogP contribution in [0.1, 0.15) is 24.0 Å². The molecule has 166 valence electrons. The molecular weight excluding hydrogens is 410 g/mol. The van der Waals surface area contributed by atoms with Crippen molar-refractivity contribution < 1.29 is 0 Å². The number of nitrogens with zero attached hydrogens (tertiary/aromatic N) is 5. The maximum atomic E-state index is 5.28. The van der Waals surface area contributed by atoms with Crippen molar-refractivity contribution in [3.8, 4) is 11.3 Å². The molecule has 1 aliphatic carbocycles. The molecule has 33 heavy (non-hydrogen) atoms. The molecule has 4 heterocycles. The summed E-state index contributed by atoms with van der Waals surface area (Å²) < 4.78 is 0. The molecule has 2 N–H and O–H groups in total. The topological polar surface area (TPSA) is 76.7 Å². The number of nitrogens with one attached hydrogen (secondary N) is 2. The lowest BCUT2D eigenvalue weighted by Gasteiger charge is -2.33. The molecule has 3 aromatic heterocycles. The maximum Gasteiger partial charge on any atom is 0.159 e. The first-order valence-electron chi connectivity index (χ1n) is 12.0. The van der Waals surface area contributed by atoms with Crippen LogP contribution in [0.5, 0.6) is 0 Å². The van der Waals surface area contributed by atoms with Gasteiger partial charge in [0.05, 0.1) is 33.8 Å². The molecule has 0 radical (unpaired) electrons. The minimum absolute atomic E-state index is 1.01. The second-order valence-corrected chi connectivity index (χ2v) is 9.52. The summed E-state index contributed by atoms with van der Waals surface area (Å²) in [5.74, 6) is 1.09. The first kappa shape index (κ1) is 19.1. The van der Waals surface area contributed by atoms with Crippen molar-refractivity contribution in [1.82, 2.24) is 30.3 Å². The Morgan fingerprint density at radius 1 is 0.848 bits per heavy atom. The highest BCUT2D eigenvalue weighted by Gasteiger charge is 2.25. The zero-order chi connectivity index (χ0) is 21.9. The van der Waals surface area contributed by atoms with Gasteiger partial charge in [0, 0.05) is 42.5 Å². The van der Waals surface area contributed by atoms with E-state index in [1.165, 1.54) is 40.3 Å². The molecule has 7 heteroatoms. The standard InChI is InChI=1S/C26H27N7/c1-32-10-12-33(13-11-32)26-24-22(30-31-26)9-8-21-23(24)18-4-2-3-5-19(18)25(28-21)16-6-7-20-17(14-16)15-27-29-20/h6-9,14-15H,2-5,10-13H2,1H3,(H,27,29)(H,30,31). The number of benzene rings is 2. The number of H-pyrrole nitrogens is 2. The van der Waals surface area contributed by atoms with Crippen LogP contribution >= 0.6 is 0 Å². The Morgan fingerprint density at radius 2 is 1.67 bits per heavy atom. The van der Waals surface area contributed by atoms with E-state index >= 15 is 0 Å². The Balaban J connectivity index is 1.48. The molecule has 2 aliphatic rings. The molecule has 1 fully saturated rings. The number of rotatable bonds is 2. The second kappa shape index (κ2) is 7.28. The number of pyridine rings is 1. The van der Waals surface area contributed by atoms with Crippen LogP contribution in [0.15, 0.2) is 36.5 Å². The number of hydrogen-bond acceptors (Lipinski definition) is 5. The molecule has 7 rings (SSSR count). The average molecular weight is 438 g/mol. The summed E-state index contributed by atoms with van der Waals surface area (Å²) in [5.41, 5.74) is 8.43. The minimum Gasteiger partial charge on any atom is -0.352 e. The number of hydrogen-bond donors (Lipinski definition) is 2. The van der Waals surface area contributed by atoms with Crippen molar-refractivity contribution in [2.24, 2.45) is 0 Å². The van der Waals surface area contributed by atoms with Gasteiger partial charge in [0.1, 0.15) is 0 Å². The van der Waals surface area contributed by atoms with E-state index in [0.29, 0.717) is 0 Å². The highest BCUT2D eigenvalue weighted by atomic mass is 15.3. The first-order chi connectivity index (χ1) is 16.3. The third kappa shape index (κ3) is 2.95. The Hall–Kier alpha value is -3.45. The lowest BCUT2D eigenvalue weighted by Crippen LogP contribution is -2.44. The highest BCUT2D eigenvalue weighted by Crippen LogP contribution is 2.40. The lowest BCUT2D eigenvalue weighted by molar-refractivity contribution is 0.312. The zero-order valence-corrected chi connectivity index (χ0v) is 18.9. The highest BCUT2D eigenvalue weighted by molar-refractivity contribution is 6.13. The van der Waals surface area contributed by atoms with Crippen LogP contribution < -0.4 is 4.90 Å². The molecule has 0 amide bonds. The fourth-order valence-corrected chi connectivity index (χ4v) is 5.69. The quantitative estimate of drug-likeness (QED) is 0.431. The summed E-state index contributed by atoms with van der Waals surface area (Å²) in [6.07, 6.45) is 6.51. The van der Waals surface area contributed by atoms with Gasteiger partial charge < -0.3 is 9.80 Å². The molecule has 1 saturated heterocycles. The van der Waals surface area contributed by atoms with E-state index in [1.54, 1.807) is 0 Å². The monoisotopic (exact) mass is 437 g/mol. The predicted molar refractivity (Wildman–Crippen MR) is 133 cm³/mol. The number of piperazine rings is 1. The Bertz CT molecular complexity index is 1500. The van der Waals surface area contributed by atoms with Gasteiger partial charge in [-0.1, -0.05) is 6.07 Å². The first-order valence-corrected chi connectivity index (χ1v) is 12.0. The molecule has 7 nitrogen and oxygen atoms in total. The van der Waals surface area contributed by atoms with Crippen molar-refractivity contribution in [3.63, 3.8) is 0 Å². The van der Waals surface area contributed by atoms with Crippen molar-refractivity contribution in [1.29, 1.82) is 0 Å². The van der Waals surface area contributed by atoms with Gasteiger partial charge in [-0.25, -0.2) is 4.98 Å². The van der Waals surface area contributed by atoms with Gasteiger partial charge in [-0.2, -0.15) is 10.2 Å². The van der Waals surface area contributed by atoms with Crippen LogP contribution in [0.4, 0.5) is 5.82 Å². The Morgan fingerprint density at radius 3 is 2.55 bits per heavy atom. The molecule has 5 aromatic rings. The van der Waals surface area contributed by atoms with Gasteiger partial charge in [0.2, 0.25) is 0 Å². The van der Waals surface area contributed by atoms with Crippen LogP contribution in [0.3, 0.4) is 0 Å². The fraction of sp³-hybridized carbons (Fsp3) is 0.346. The van der Waals surface area contributed by atoms with E-state index in [0.717, 1.165) is 72.5 Å². The van der Waals surface area contributed by atoms with Gasteiger partial charge in [-0.05, 0) is 68.1 Å². The van der Waals surface area contributed by atoms with E-state index in [9.17, 15) is 0 Å².